The van der Waals surface area contributed by atoms with Gasteiger partial charge in [-0.1, -0.05) is 24.3 Å². The average Bonchev–Trinajstić information content (AvgIpc) is 2.97. The fourth-order valence-electron chi connectivity index (χ4n) is 2.88. The van der Waals surface area contributed by atoms with Crippen LogP contribution in [0.1, 0.15) is 49.7 Å². The molecule has 1 unspecified atom stereocenters. The van der Waals surface area contributed by atoms with Gasteiger partial charge in [-0.2, -0.15) is 0 Å². The highest BCUT2D eigenvalue weighted by atomic mass is 16.2. The van der Waals surface area contributed by atoms with Crippen molar-refractivity contribution in [3.63, 3.8) is 0 Å². The van der Waals surface area contributed by atoms with Crippen LogP contribution in [0.3, 0.4) is 0 Å². The van der Waals surface area contributed by atoms with Crippen LogP contribution in [0, 0.1) is 0 Å². The molecule has 3 nitrogen and oxygen atoms in total. The Labute approximate surface area is 114 Å². The van der Waals surface area contributed by atoms with Crippen LogP contribution >= 0.6 is 0 Å². The van der Waals surface area contributed by atoms with Crippen LogP contribution in [-0.4, -0.2) is 23.9 Å². The molecular weight excluding hydrogens is 236 g/mol. The van der Waals surface area contributed by atoms with E-state index in [1.54, 1.807) is 0 Å². The van der Waals surface area contributed by atoms with E-state index >= 15 is 0 Å². The van der Waals surface area contributed by atoms with Crippen molar-refractivity contribution in [3.8, 4) is 0 Å². The molecule has 1 aromatic rings. The number of hydrogen-bond donors (Lipinski definition) is 1. The molecule has 3 rings (SSSR count). The Bertz CT molecular complexity index is 470. The molecule has 1 aliphatic heterocycles. The molecular formula is C16H22N2O. The Morgan fingerprint density at radius 3 is 2.32 bits per heavy atom. The van der Waals surface area contributed by atoms with Crippen LogP contribution < -0.4 is 5.73 Å². The quantitative estimate of drug-likeness (QED) is 0.904. The lowest BCUT2D eigenvalue weighted by Gasteiger charge is -2.21. The van der Waals surface area contributed by atoms with Gasteiger partial charge >= 0.3 is 0 Å². The second-order valence-electron chi connectivity index (χ2n) is 6.03. The van der Waals surface area contributed by atoms with Gasteiger partial charge in [0, 0.05) is 18.6 Å². The first kappa shape index (κ1) is 12.7. The maximum absolute atomic E-state index is 12.3. The molecule has 1 saturated carbocycles. The van der Waals surface area contributed by atoms with Crippen molar-refractivity contribution in [2.45, 2.75) is 44.1 Å². The second kappa shape index (κ2) is 4.64. The maximum Gasteiger partial charge on any atom is 0.229 e. The molecule has 2 N–H and O–H groups in total. The van der Waals surface area contributed by atoms with Gasteiger partial charge in [0.15, 0.2) is 0 Å². The molecule has 102 valence electrons. The molecule has 19 heavy (non-hydrogen) atoms. The minimum Gasteiger partial charge on any atom is -0.342 e. The zero-order chi connectivity index (χ0) is 13.5. The van der Waals surface area contributed by atoms with Gasteiger partial charge < -0.3 is 10.6 Å². The molecule has 3 heteroatoms. The summed E-state index contributed by atoms with van der Waals surface area (Å²) in [6.07, 6.45) is 4.45. The fourth-order valence-corrected chi connectivity index (χ4v) is 2.88. The Morgan fingerprint density at radius 1 is 1.21 bits per heavy atom. The summed E-state index contributed by atoms with van der Waals surface area (Å²) >= 11 is 0. The molecule has 0 aromatic heterocycles. The number of nitrogens with zero attached hydrogens (tertiary/aromatic N) is 1. The van der Waals surface area contributed by atoms with Gasteiger partial charge in [0.1, 0.15) is 0 Å². The predicted molar refractivity (Wildman–Crippen MR) is 75.8 cm³/mol. The predicted octanol–water partition coefficient (Wildman–Crippen LogP) is 2.36. The van der Waals surface area contributed by atoms with Crippen molar-refractivity contribution in [1.29, 1.82) is 0 Å². The molecule has 2 fully saturated rings. The Hall–Kier alpha value is -1.35. The molecule has 1 aromatic carbocycles. The first-order chi connectivity index (χ1) is 9.10. The third-order valence-corrected chi connectivity index (χ3v) is 4.56. The monoisotopic (exact) mass is 258 g/mol. The molecule has 1 saturated heterocycles. The topological polar surface area (TPSA) is 46.3 Å². The molecule has 1 aliphatic carbocycles. The van der Waals surface area contributed by atoms with E-state index in [4.69, 9.17) is 5.73 Å². The van der Waals surface area contributed by atoms with Gasteiger partial charge in [-0.15, -0.1) is 0 Å². The normalized spacial score (nSPS) is 22.3. The number of amides is 1. The minimum absolute atomic E-state index is 0.0416. The number of rotatable bonds is 3. The van der Waals surface area contributed by atoms with E-state index in [1.807, 2.05) is 11.8 Å². The van der Waals surface area contributed by atoms with Crippen molar-refractivity contribution in [2.75, 3.05) is 13.1 Å². The van der Waals surface area contributed by atoms with Crippen LogP contribution in [0.4, 0.5) is 0 Å². The Morgan fingerprint density at radius 2 is 1.79 bits per heavy atom. The molecule has 1 heterocycles. The Kier molecular flexibility index (Phi) is 3.09. The lowest BCUT2D eigenvalue weighted by molar-refractivity contribution is -0.131. The highest BCUT2D eigenvalue weighted by Gasteiger charge is 2.39. The highest BCUT2D eigenvalue weighted by molar-refractivity contribution is 5.83. The zero-order valence-corrected chi connectivity index (χ0v) is 11.6. The third kappa shape index (κ3) is 2.39. The minimum atomic E-state index is -0.0826. The average molecular weight is 258 g/mol. The Balaban J connectivity index is 1.72. The van der Waals surface area contributed by atoms with E-state index in [0.717, 1.165) is 44.3 Å². The van der Waals surface area contributed by atoms with Crippen LogP contribution in [-0.2, 0) is 10.3 Å². The third-order valence-electron chi connectivity index (χ3n) is 4.56. The number of carbonyl (C=O) groups excluding carboxylic acids is 1. The number of likely N-dealkylation sites (tertiary alicyclic amines) is 1. The largest absolute Gasteiger partial charge is 0.342 e. The molecule has 0 spiro atoms. The van der Waals surface area contributed by atoms with E-state index in [1.165, 1.54) is 5.56 Å². The van der Waals surface area contributed by atoms with Crippen molar-refractivity contribution >= 4 is 5.91 Å². The summed E-state index contributed by atoms with van der Waals surface area (Å²) in [7, 11) is 0. The highest BCUT2D eigenvalue weighted by Crippen LogP contribution is 2.42. The zero-order valence-electron chi connectivity index (χ0n) is 11.6. The van der Waals surface area contributed by atoms with Crippen LogP contribution in [0.15, 0.2) is 24.3 Å². The molecule has 1 atom stereocenters. The first-order valence-electron chi connectivity index (χ1n) is 7.28. The summed E-state index contributed by atoms with van der Waals surface area (Å²) in [4.78, 5) is 14.3. The SMILES string of the molecule is CC(C(=O)N1CCCC1)c1ccc(C2(N)CC2)cc1. The molecule has 0 radical (unpaired) electrons. The van der Waals surface area contributed by atoms with Gasteiger partial charge in [-0.25, -0.2) is 0 Å². The van der Waals surface area contributed by atoms with Crippen LogP contribution in [0.5, 0.6) is 0 Å². The molecule has 2 aliphatic rings. The number of hydrogen-bond acceptors (Lipinski definition) is 2. The van der Waals surface area contributed by atoms with Gasteiger partial charge in [-0.3, -0.25) is 4.79 Å². The molecule has 0 bridgehead atoms. The van der Waals surface area contributed by atoms with Gasteiger partial charge in [-0.05, 0) is 43.7 Å². The number of benzene rings is 1. The number of nitrogens with two attached hydrogens (primary N) is 1. The van der Waals surface area contributed by atoms with Crippen molar-refractivity contribution in [1.82, 2.24) is 4.90 Å². The summed E-state index contributed by atoms with van der Waals surface area (Å²) in [6, 6.07) is 8.33. The van der Waals surface area contributed by atoms with Gasteiger partial charge in [0.2, 0.25) is 5.91 Å². The van der Waals surface area contributed by atoms with E-state index < -0.39 is 0 Å². The second-order valence-corrected chi connectivity index (χ2v) is 6.03. The summed E-state index contributed by atoms with van der Waals surface area (Å²) in [5.74, 6) is 0.221. The van der Waals surface area contributed by atoms with Crippen LogP contribution in [0.2, 0.25) is 0 Å². The smallest absolute Gasteiger partial charge is 0.229 e. The van der Waals surface area contributed by atoms with Gasteiger partial charge in [0.25, 0.3) is 0 Å². The fraction of sp³-hybridized carbons (Fsp3) is 0.562. The first-order valence-corrected chi connectivity index (χ1v) is 7.28. The number of carbonyl (C=O) groups is 1. The van der Waals surface area contributed by atoms with Crippen molar-refractivity contribution in [3.05, 3.63) is 35.4 Å². The van der Waals surface area contributed by atoms with Gasteiger partial charge in [0.05, 0.1) is 5.92 Å². The van der Waals surface area contributed by atoms with E-state index in [9.17, 15) is 4.79 Å². The lowest BCUT2D eigenvalue weighted by atomic mass is 9.96. The lowest BCUT2D eigenvalue weighted by Crippen LogP contribution is -2.31. The summed E-state index contributed by atoms with van der Waals surface area (Å²) in [6.45, 7) is 3.85. The van der Waals surface area contributed by atoms with Crippen molar-refractivity contribution < 1.29 is 4.79 Å². The van der Waals surface area contributed by atoms with E-state index in [0.29, 0.717) is 0 Å². The van der Waals surface area contributed by atoms with Crippen LogP contribution in [0.25, 0.3) is 0 Å². The van der Waals surface area contributed by atoms with E-state index in [2.05, 4.69) is 24.3 Å². The summed E-state index contributed by atoms with van der Waals surface area (Å²) in [5, 5.41) is 0. The van der Waals surface area contributed by atoms with E-state index in [-0.39, 0.29) is 17.4 Å². The maximum atomic E-state index is 12.3. The molecule has 1 amide bonds. The van der Waals surface area contributed by atoms with Crippen molar-refractivity contribution in [2.24, 2.45) is 5.73 Å². The summed E-state index contributed by atoms with van der Waals surface area (Å²) < 4.78 is 0. The standard InChI is InChI=1S/C16H22N2O/c1-12(15(19)18-10-2-3-11-18)13-4-6-14(7-5-13)16(17)8-9-16/h4-7,12H,2-3,8-11,17H2,1H3. The summed E-state index contributed by atoms with van der Waals surface area (Å²) in [5.41, 5.74) is 8.40.